The predicted octanol–water partition coefficient (Wildman–Crippen LogP) is 3.42. The molecule has 0 bridgehead atoms. The molecule has 104 valence electrons. The lowest BCUT2D eigenvalue weighted by Crippen LogP contribution is -2.14. The number of aromatic nitrogens is 2. The van der Waals surface area contributed by atoms with E-state index in [1.54, 1.807) is 23.0 Å². The monoisotopic (exact) mass is 269 g/mol. The standard InChI is InChI=1S/C16H19N3O/c1-12(2)19-15(9-10-17-19)18-16(20)8-7-14-6-4-5-13(3)11-14/h4-12H,1-3H3,(H,18,20). The Bertz CT molecular complexity index is 626. The largest absolute Gasteiger partial charge is 0.307 e. The minimum absolute atomic E-state index is 0.158. The fourth-order valence-corrected chi connectivity index (χ4v) is 1.94. The zero-order valence-corrected chi connectivity index (χ0v) is 12.0. The first-order valence-electron chi connectivity index (χ1n) is 6.65. The number of nitrogens with one attached hydrogen (secondary N) is 1. The van der Waals surface area contributed by atoms with E-state index in [2.05, 4.69) is 10.4 Å². The van der Waals surface area contributed by atoms with Crippen LogP contribution in [0.15, 0.2) is 42.6 Å². The van der Waals surface area contributed by atoms with E-state index in [1.165, 1.54) is 11.6 Å². The van der Waals surface area contributed by atoms with Crippen LogP contribution in [0.4, 0.5) is 5.82 Å². The van der Waals surface area contributed by atoms with Gasteiger partial charge < -0.3 is 5.32 Å². The molecule has 0 fully saturated rings. The van der Waals surface area contributed by atoms with Crippen LogP contribution in [-0.4, -0.2) is 15.7 Å². The number of rotatable bonds is 4. The van der Waals surface area contributed by atoms with Gasteiger partial charge in [-0.3, -0.25) is 4.79 Å². The minimum Gasteiger partial charge on any atom is -0.307 e. The molecule has 1 aromatic heterocycles. The number of nitrogens with zero attached hydrogens (tertiary/aromatic N) is 2. The molecule has 0 radical (unpaired) electrons. The van der Waals surface area contributed by atoms with Gasteiger partial charge in [0.25, 0.3) is 0 Å². The Balaban J connectivity index is 2.04. The summed E-state index contributed by atoms with van der Waals surface area (Å²) in [4.78, 5) is 11.9. The van der Waals surface area contributed by atoms with Gasteiger partial charge in [-0.15, -0.1) is 0 Å². The first kappa shape index (κ1) is 14.1. The molecule has 1 N–H and O–H groups in total. The van der Waals surface area contributed by atoms with Crippen molar-refractivity contribution >= 4 is 17.8 Å². The number of anilines is 1. The average molecular weight is 269 g/mol. The van der Waals surface area contributed by atoms with E-state index in [0.717, 1.165) is 5.56 Å². The average Bonchev–Trinajstić information content (AvgIpc) is 2.85. The summed E-state index contributed by atoms with van der Waals surface area (Å²) in [7, 11) is 0. The highest BCUT2D eigenvalue weighted by Gasteiger charge is 2.07. The Hall–Kier alpha value is -2.36. The Morgan fingerprint density at radius 2 is 2.15 bits per heavy atom. The topological polar surface area (TPSA) is 46.9 Å². The van der Waals surface area contributed by atoms with E-state index in [0.29, 0.717) is 5.82 Å². The summed E-state index contributed by atoms with van der Waals surface area (Å²) in [6.07, 6.45) is 5.02. The fraction of sp³-hybridized carbons (Fsp3) is 0.250. The molecular weight excluding hydrogens is 250 g/mol. The number of carbonyl (C=O) groups excluding carboxylic acids is 1. The molecule has 1 heterocycles. The zero-order chi connectivity index (χ0) is 14.5. The van der Waals surface area contributed by atoms with Crippen LogP contribution >= 0.6 is 0 Å². The third kappa shape index (κ3) is 3.57. The van der Waals surface area contributed by atoms with Crippen molar-refractivity contribution in [2.45, 2.75) is 26.8 Å². The van der Waals surface area contributed by atoms with Crippen LogP contribution in [0.5, 0.6) is 0 Å². The van der Waals surface area contributed by atoms with Gasteiger partial charge in [0.15, 0.2) is 0 Å². The second-order valence-electron chi connectivity index (χ2n) is 4.99. The molecule has 4 heteroatoms. The van der Waals surface area contributed by atoms with Crippen LogP contribution in [-0.2, 0) is 4.79 Å². The van der Waals surface area contributed by atoms with Crippen molar-refractivity contribution in [3.05, 3.63) is 53.7 Å². The Labute approximate surface area is 119 Å². The van der Waals surface area contributed by atoms with Gasteiger partial charge in [-0.2, -0.15) is 5.10 Å². The molecule has 0 spiro atoms. The number of aryl methyl sites for hydroxylation is 1. The third-order valence-electron chi connectivity index (χ3n) is 2.88. The van der Waals surface area contributed by atoms with Crippen LogP contribution in [0, 0.1) is 6.92 Å². The smallest absolute Gasteiger partial charge is 0.249 e. The predicted molar refractivity (Wildman–Crippen MR) is 81.5 cm³/mol. The molecule has 20 heavy (non-hydrogen) atoms. The molecule has 0 saturated heterocycles. The van der Waals surface area contributed by atoms with Crippen molar-refractivity contribution < 1.29 is 4.79 Å². The fourth-order valence-electron chi connectivity index (χ4n) is 1.94. The summed E-state index contributed by atoms with van der Waals surface area (Å²) >= 11 is 0. The normalized spacial score (nSPS) is 11.2. The number of benzene rings is 1. The number of carbonyl (C=O) groups is 1. The molecule has 0 atom stereocenters. The van der Waals surface area contributed by atoms with E-state index in [1.807, 2.05) is 45.0 Å². The van der Waals surface area contributed by atoms with Gasteiger partial charge in [-0.25, -0.2) is 4.68 Å². The number of hydrogen-bond donors (Lipinski definition) is 1. The lowest BCUT2D eigenvalue weighted by molar-refractivity contribution is -0.111. The van der Waals surface area contributed by atoms with E-state index in [9.17, 15) is 4.79 Å². The maximum Gasteiger partial charge on any atom is 0.249 e. The Kier molecular flexibility index (Phi) is 4.35. The van der Waals surface area contributed by atoms with Crippen LogP contribution in [0.25, 0.3) is 6.08 Å². The van der Waals surface area contributed by atoms with Crippen molar-refractivity contribution in [2.24, 2.45) is 0 Å². The van der Waals surface area contributed by atoms with Crippen molar-refractivity contribution in [3.63, 3.8) is 0 Å². The van der Waals surface area contributed by atoms with E-state index in [-0.39, 0.29) is 11.9 Å². The van der Waals surface area contributed by atoms with Crippen molar-refractivity contribution in [3.8, 4) is 0 Å². The Morgan fingerprint density at radius 3 is 2.85 bits per heavy atom. The lowest BCUT2D eigenvalue weighted by Gasteiger charge is -2.10. The molecule has 1 aromatic carbocycles. The van der Waals surface area contributed by atoms with Gasteiger partial charge in [-0.1, -0.05) is 29.8 Å². The van der Waals surface area contributed by atoms with Crippen molar-refractivity contribution in [1.82, 2.24) is 9.78 Å². The lowest BCUT2D eigenvalue weighted by atomic mass is 10.1. The van der Waals surface area contributed by atoms with E-state index < -0.39 is 0 Å². The van der Waals surface area contributed by atoms with Crippen molar-refractivity contribution in [1.29, 1.82) is 0 Å². The summed E-state index contributed by atoms with van der Waals surface area (Å²) in [6.45, 7) is 6.06. The molecule has 0 saturated carbocycles. The number of amides is 1. The highest BCUT2D eigenvalue weighted by molar-refractivity contribution is 6.01. The molecule has 0 aliphatic heterocycles. The summed E-state index contributed by atoms with van der Waals surface area (Å²) in [6, 6.07) is 10.00. The molecular formula is C16H19N3O. The van der Waals surface area contributed by atoms with Crippen LogP contribution < -0.4 is 5.32 Å². The first-order valence-corrected chi connectivity index (χ1v) is 6.65. The summed E-state index contributed by atoms with van der Waals surface area (Å²) in [5, 5.41) is 7.01. The second kappa shape index (κ2) is 6.19. The van der Waals surface area contributed by atoms with Crippen LogP contribution in [0.3, 0.4) is 0 Å². The molecule has 0 aliphatic carbocycles. The van der Waals surface area contributed by atoms with Crippen LogP contribution in [0.1, 0.15) is 31.0 Å². The van der Waals surface area contributed by atoms with Gasteiger partial charge in [0.2, 0.25) is 5.91 Å². The molecule has 4 nitrogen and oxygen atoms in total. The quantitative estimate of drug-likeness (QED) is 0.864. The minimum atomic E-state index is -0.158. The maximum absolute atomic E-state index is 11.9. The summed E-state index contributed by atoms with van der Waals surface area (Å²) in [5.41, 5.74) is 2.18. The highest BCUT2D eigenvalue weighted by atomic mass is 16.1. The zero-order valence-electron chi connectivity index (χ0n) is 12.0. The molecule has 0 unspecified atom stereocenters. The third-order valence-corrected chi connectivity index (χ3v) is 2.88. The summed E-state index contributed by atoms with van der Waals surface area (Å²) in [5.74, 6) is 0.549. The summed E-state index contributed by atoms with van der Waals surface area (Å²) < 4.78 is 1.78. The van der Waals surface area contributed by atoms with Gasteiger partial charge in [0, 0.05) is 18.2 Å². The first-order chi connectivity index (χ1) is 9.56. The van der Waals surface area contributed by atoms with Gasteiger partial charge in [0.05, 0.1) is 6.20 Å². The van der Waals surface area contributed by atoms with Crippen molar-refractivity contribution in [2.75, 3.05) is 5.32 Å². The molecule has 2 rings (SSSR count). The molecule has 1 amide bonds. The molecule has 2 aromatic rings. The van der Waals surface area contributed by atoms with E-state index >= 15 is 0 Å². The van der Waals surface area contributed by atoms with E-state index in [4.69, 9.17) is 0 Å². The highest BCUT2D eigenvalue weighted by Crippen LogP contribution is 2.13. The van der Waals surface area contributed by atoms with Gasteiger partial charge >= 0.3 is 0 Å². The second-order valence-corrected chi connectivity index (χ2v) is 4.99. The maximum atomic E-state index is 11.9. The Morgan fingerprint density at radius 1 is 1.35 bits per heavy atom. The SMILES string of the molecule is Cc1cccc(C=CC(=O)Nc2ccnn2C(C)C)c1. The van der Waals surface area contributed by atoms with Gasteiger partial charge in [0.1, 0.15) is 5.82 Å². The van der Waals surface area contributed by atoms with Gasteiger partial charge in [-0.05, 0) is 32.4 Å². The molecule has 0 aliphatic rings. The number of hydrogen-bond acceptors (Lipinski definition) is 2. The van der Waals surface area contributed by atoms with Crippen LogP contribution in [0.2, 0.25) is 0 Å².